The molecule has 0 saturated heterocycles. The molecule has 0 aliphatic carbocycles. The van der Waals surface area contributed by atoms with Crippen LogP contribution in [0.2, 0.25) is 0 Å². The van der Waals surface area contributed by atoms with Gasteiger partial charge in [0.25, 0.3) is 0 Å². The zero-order valence-corrected chi connectivity index (χ0v) is 16.5. The van der Waals surface area contributed by atoms with Crippen LogP contribution in [0.15, 0.2) is 66.7 Å². The molecule has 3 nitrogen and oxygen atoms in total. The summed E-state index contributed by atoms with van der Waals surface area (Å²) in [6.45, 7) is 0. The maximum absolute atomic E-state index is 17.4. The Morgan fingerprint density at radius 3 is 1.46 bits per heavy atom. The van der Waals surface area contributed by atoms with Gasteiger partial charge in [0, 0.05) is 0 Å². The van der Waals surface area contributed by atoms with Crippen molar-refractivity contribution in [2.75, 3.05) is 0 Å². The van der Waals surface area contributed by atoms with Crippen LogP contribution in [0.1, 0.15) is 0 Å². The Hall–Kier alpha value is -1.86. The van der Waals surface area contributed by atoms with Gasteiger partial charge in [0.05, 0.1) is 0 Å². The number of benzene rings is 3. The fourth-order valence-corrected chi connectivity index (χ4v) is 16.9. The molecule has 0 radical (unpaired) electrons. The molecule has 0 amide bonds. The van der Waals surface area contributed by atoms with E-state index in [0.717, 1.165) is 24.3 Å². The molecular formula is C18H14F5O3PSe. The zero-order valence-electron chi connectivity index (χ0n) is 13.9. The summed E-state index contributed by atoms with van der Waals surface area (Å²) >= 11 is -7.09. The van der Waals surface area contributed by atoms with E-state index in [1.165, 1.54) is 36.4 Å². The quantitative estimate of drug-likeness (QED) is 0.176. The van der Waals surface area contributed by atoms with Gasteiger partial charge in [-0.1, -0.05) is 0 Å². The molecule has 0 fully saturated rings. The third kappa shape index (κ3) is 2.63. The molecule has 0 saturated carbocycles. The molecule has 0 atom stereocenters. The second-order valence-corrected chi connectivity index (χ2v) is 20.1. The minimum atomic E-state index is -7.09. The van der Waals surface area contributed by atoms with E-state index in [2.05, 4.69) is 0 Å². The van der Waals surface area contributed by atoms with E-state index < -0.39 is 54.2 Å². The molecule has 28 heavy (non-hydrogen) atoms. The van der Waals surface area contributed by atoms with Gasteiger partial charge in [-0.2, -0.15) is 0 Å². The van der Waals surface area contributed by atoms with Crippen molar-refractivity contribution in [2.45, 2.75) is 0 Å². The molecule has 0 aromatic heterocycles. The number of hydrogen-bond donors (Lipinski definition) is 3. The topological polar surface area (TPSA) is 60.7 Å². The summed E-state index contributed by atoms with van der Waals surface area (Å²) < 4.78 is 71.1. The molecule has 0 aliphatic rings. The van der Waals surface area contributed by atoms with Crippen LogP contribution in [0.5, 0.6) is 0 Å². The first kappa shape index (κ1) is 20.9. The van der Waals surface area contributed by atoms with Gasteiger partial charge in [-0.05, 0) is 0 Å². The Bertz CT molecular complexity index is 1100. The Morgan fingerprint density at radius 1 is 0.643 bits per heavy atom. The van der Waals surface area contributed by atoms with Crippen LogP contribution >= 0.6 is 6.19 Å². The Balaban J connectivity index is 2.76. The molecule has 0 spiro atoms. The summed E-state index contributed by atoms with van der Waals surface area (Å²) in [6.07, 6.45) is -5.71. The summed E-state index contributed by atoms with van der Waals surface area (Å²) in [7, 11) is 0. The summed E-state index contributed by atoms with van der Waals surface area (Å²) in [5.74, 6) is -8.58. The third-order valence-electron chi connectivity index (χ3n) is 4.28. The molecule has 0 bridgehead atoms. The van der Waals surface area contributed by atoms with E-state index in [-0.39, 0.29) is 6.07 Å². The van der Waals surface area contributed by atoms with Gasteiger partial charge in [0.15, 0.2) is 0 Å². The predicted molar refractivity (Wildman–Crippen MR) is 98.5 cm³/mol. The third-order valence-corrected chi connectivity index (χ3v) is 21.3. The second kappa shape index (κ2) is 6.88. The van der Waals surface area contributed by atoms with Crippen molar-refractivity contribution < 1.29 is 35.8 Å². The summed E-state index contributed by atoms with van der Waals surface area (Å²) in [4.78, 5) is 31.0. The molecule has 3 N–H and O–H groups in total. The number of hydrogen-bond acceptors (Lipinski definition) is 3. The standard InChI is InChI=1S/C18H14F5O3PSe/c19-14-11-15(17(21)18(22)16(14)20)28(23,27(24,25)26,12-7-3-1-4-8-12)13-9-5-2-6-10-13/h1-11,24-26H. The van der Waals surface area contributed by atoms with Crippen LogP contribution in [-0.4, -0.2) is 26.0 Å². The van der Waals surface area contributed by atoms with Gasteiger partial charge in [0.1, 0.15) is 0 Å². The van der Waals surface area contributed by atoms with Crippen LogP contribution < -0.4 is 13.4 Å². The first-order valence-corrected chi connectivity index (χ1v) is 14.8. The van der Waals surface area contributed by atoms with Gasteiger partial charge in [-0.15, -0.1) is 0 Å². The Kier molecular flexibility index (Phi) is 5.13. The average molecular weight is 483 g/mol. The maximum atomic E-state index is 17.4. The fraction of sp³-hybridized carbons (Fsp3) is 0. The predicted octanol–water partition coefficient (Wildman–Crippen LogP) is 2.37. The van der Waals surface area contributed by atoms with Gasteiger partial charge in [-0.25, -0.2) is 0 Å². The van der Waals surface area contributed by atoms with Crippen LogP contribution in [-0.2, 0) is 0 Å². The van der Waals surface area contributed by atoms with Crippen LogP contribution in [0.3, 0.4) is 0 Å². The first-order chi connectivity index (χ1) is 13.0. The molecule has 10 heteroatoms. The molecular weight excluding hydrogens is 469 g/mol. The van der Waals surface area contributed by atoms with E-state index in [9.17, 15) is 32.2 Å². The Morgan fingerprint density at radius 2 is 1.07 bits per heavy atom. The van der Waals surface area contributed by atoms with Crippen LogP contribution in [0.4, 0.5) is 21.1 Å². The SMILES string of the molecule is OP(O)(O)=[Se](F)(c1ccccc1)(c1ccccc1)c1cc(F)c(F)c(F)c1F. The molecule has 3 aromatic rings. The summed E-state index contributed by atoms with van der Waals surface area (Å²) in [5.41, 5.74) is 0. The minimum absolute atomic E-state index is 0.0329. The van der Waals surface area contributed by atoms with Crippen molar-refractivity contribution in [3.8, 4) is 0 Å². The number of rotatable bonds is 3. The van der Waals surface area contributed by atoms with Gasteiger partial charge in [-0.3, -0.25) is 0 Å². The Labute approximate surface area is 157 Å². The number of halogens is 5. The van der Waals surface area contributed by atoms with Gasteiger partial charge < -0.3 is 0 Å². The fourth-order valence-electron chi connectivity index (χ4n) is 2.96. The van der Waals surface area contributed by atoms with Crippen LogP contribution in [0.25, 0.3) is 0 Å². The van der Waals surface area contributed by atoms with E-state index in [4.69, 9.17) is 0 Å². The van der Waals surface area contributed by atoms with E-state index in [1.807, 2.05) is 0 Å². The van der Waals surface area contributed by atoms with Crippen molar-refractivity contribution in [3.63, 3.8) is 0 Å². The molecule has 150 valence electrons. The van der Waals surface area contributed by atoms with E-state index in [0.29, 0.717) is 0 Å². The molecule has 0 heterocycles. The zero-order chi connectivity index (χ0) is 20.8. The summed E-state index contributed by atoms with van der Waals surface area (Å²) in [5, 5.41) is 0. The van der Waals surface area contributed by atoms with Crippen molar-refractivity contribution in [1.29, 1.82) is 0 Å². The normalized spacial score (nSPS) is 13.8. The molecule has 3 rings (SSSR count). The second-order valence-electron chi connectivity index (χ2n) is 5.82. The first-order valence-electron chi connectivity index (χ1n) is 7.70. The monoisotopic (exact) mass is 484 g/mol. The average Bonchev–Trinajstić information content (AvgIpc) is 2.69. The molecule has 0 aliphatic heterocycles. The van der Waals surface area contributed by atoms with Crippen LogP contribution in [0, 0.1) is 23.3 Å². The van der Waals surface area contributed by atoms with Crippen molar-refractivity contribution >= 4 is 30.9 Å². The molecule has 3 aromatic carbocycles. The van der Waals surface area contributed by atoms with E-state index in [1.54, 1.807) is 0 Å². The molecule has 0 unspecified atom stereocenters. The van der Waals surface area contributed by atoms with Crippen molar-refractivity contribution in [3.05, 3.63) is 90.0 Å². The van der Waals surface area contributed by atoms with Gasteiger partial charge >= 0.3 is 157 Å². The van der Waals surface area contributed by atoms with E-state index >= 15 is 3.55 Å². The van der Waals surface area contributed by atoms with Gasteiger partial charge in [0.2, 0.25) is 0 Å². The van der Waals surface area contributed by atoms with Crippen molar-refractivity contribution in [2.24, 2.45) is 0 Å². The van der Waals surface area contributed by atoms with Crippen molar-refractivity contribution in [1.82, 2.24) is 0 Å². The summed E-state index contributed by atoms with van der Waals surface area (Å²) in [6, 6.07) is 12.2.